The number of aliphatic hydroxyl groups is 1. The third-order valence-corrected chi connectivity index (χ3v) is 4.87. The first kappa shape index (κ1) is 28.7. The summed E-state index contributed by atoms with van der Waals surface area (Å²) in [5.41, 5.74) is 0.481. The molecule has 0 aromatic carbocycles. The Morgan fingerprint density at radius 3 is 2.50 bits per heavy atom. The summed E-state index contributed by atoms with van der Waals surface area (Å²) in [5, 5.41) is 16.4. The molecule has 2 amide bonds. The number of anilines is 2. The van der Waals surface area contributed by atoms with E-state index in [1.165, 1.54) is 7.05 Å². The molecule has 2 heterocycles. The van der Waals surface area contributed by atoms with E-state index in [9.17, 15) is 32.3 Å². The highest BCUT2D eigenvalue weighted by Gasteiger charge is 2.31. The normalized spacial score (nSPS) is 11.8. The highest BCUT2D eigenvalue weighted by Crippen LogP contribution is 2.30. The van der Waals surface area contributed by atoms with Gasteiger partial charge >= 0.3 is 6.18 Å². The Morgan fingerprint density at radius 1 is 1.31 bits per heavy atom. The minimum absolute atomic E-state index is 0.0707. The maximum Gasteiger partial charge on any atom is 0.422 e. The minimum atomic E-state index is -4.79. The van der Waals surface area contributed by atoms with Gasteiger partial charge in [0.05, 0.1) is 5.69 Å². The number of carbonyl (C=O) groups excluding carboxylic acids is 2. The Bertz CT molecular complexity index is 1140. The van der Waals surface area contributed by atoms with Gasteiger partial charge in [0.2, 0.25) is 12.3 Å². The lowest BCUT2D eigenvalue weighted by atomic mass is 10.2. The quantitative estimate of drug-likeness (QED) is 0.126. The summed E-state index contributed by atoms with van der Waals surface area (Å²) < 4.78 is 58.2. The fraction of sp³-hybridized carbons (Fsp3) is 0.381. The number of hydrogen-bond acceptors (Lipinski definition) is 8. The number of carbonyl (C=O) groups is 2. The molecule has 0 spiro atoms. The molecule has 0 fully saturated rings. The van der Waals surface area contributed by atoms with Crippen molar-refractivity contribution in [2.45, 2.75) is 26.9 Å². The summed E-state index contributed by atoms with van der Waals surface area (Å²) in [6.45, 7) is 2.47. The second-order valence-electron chi connectivity index (χ2n) is 7.34. The lowest BCUT2D eigenvalue weighted by Crippen LogP contribution is -2.34. The van der Waals surface area contributed by atoms with Crippen molar-refractivity contribution in [1.82, 2.24) is 14.9 Å². The van der Waals surface area contributed by atoms with Crippen LogP contribution in [0.3, 0.4) is 0 Å². The molecule has 2 aromatic rings. The third kappa shape index (κ3) is 7.24. The van der Waals surface area contributed by atoms with E-state index in [1.54, 1.807) is 26.8 Å². The predicted octanol–water partition coefficient (Wildman–Crippen LogP) is 3.30. The topological polar surface area (TPSA) is 120 Å². The molecular weight excluding hydrogens is 512 g/mol. The van der Waals surface area contributed by atoms with Crippen molar-refractivity contribution >= 4 is 41.3 Å². The number of hydrogen-bond donors (Lipinski definition) is 2. The maximum atomic E-state index is 15.0. The van der Waals surface area contributed by atoms with Gasteiger partial charge in [-0.25, -0.2) is 14.4 Å². The van der Waals surface area contributed by atoms with Crippen molar-refractivity contribution in [2.75, 3.05) is 37.1 Å². The van der Waals surface area contributed by atoms with Crippen molar-refractivity contribution < 1.29 is 37.0 Å². The average Bonchev–Trinajstić information content (AvgIpc) is 2.79. The number of amidine groups is 1. The highest BCUT2D eigenvalue weighted by molar-refractivity contribution is 6.33. The second kappa shape index (κ2) is 11.9. The van der Waals surface area contributed by atoms with Crippen molar-refractivity contribution in [3.8, 4) is 5.88 Å². The van der Waals surface area contributed by atoms with Crippen LogP contribution in [0.1, 0.15) is 28.5 Å². The molecule has 0 atom stereocenters. The van der Waals surface area contributed by atoms with Gasteiger partial charge in [-0.05, 0) is 38.5 Å². The summed E-state index contributed by atoms with van der Waals surface area (Å²) in [7, 11) is 1.17. The molecule has 0 aliphatic rings. The largest absolute Gasteiger partial charge is 0.467 e. The molecule has 0 saturated heterocycles. The molecule has 196 valence electrons. The number of aromatic nitrogens is 2. The van der Waals surface area contributed by atoms with Gasteiger partial charge in [0, 0.05) is 19.3 Å². The SMILES string of the molecule is CCN(C=O)/C(CO)=N\N(C)c1nc(OCC(F)(F)F)c(C(=O)Nc2c(C)cc(C)nc2Cl)cc1F. The van der Waals surface area contributed by atoms with Crippen LogP contribution in [0.2, 0.25) is 5.15 Å². The zero-order valence-electron chi connectivity index (χ0n) is 19.7. The van der Waals surface area contributed by atoms with Gasteiger partial charge < -0.3 is 15.2 Å². The molecular formula is C21H23ClF4N6O4. The minimum Gasteiger partial charge on any atom is -0.467 e. The van der Waals surface area contributed by atoms with Crippen LogP contribution >= 0.6 is 11.6 Å². The summed E-state index contributed by atoms with van der Waals surface area (Å²) in [4.78, 5) is 32.8. The van der Waals surface area contributed by atoms with Crippen molar-refractivity contribution in [1.29, 1.82) is 0 Å². The summed E-state index contributed by atoms with van der Waals surface area (Å²) >= 11 is 6.07. The summed E-state index contributed by atoms with van der Waals surface area (Å²) in [6, 6.07) is 2.23. The number of likely N-dealkylation sites (N-methyl/N-ethyl adjacent to an activating group) is 1. The van der Waals surface area contributed by atoms with Crippen LogP contribution in [-0.2, 0) is 4.79 Å². The van der Waals surface area contributed by atoms with Gasteiger partial charge in [-0.1, -0.05) is 11.6 Å². The zero-order valence-corrected chi connectivity index (χ0v) is 20.4. The highest BCUT2D eigenvalue weighted by atomic mass is 35.5. The van der Waals surface area contributed by atoms with E-state index in [0.29, 0.717) is 23.7 Å². The van der Waals surface area contributed by atoms with E-state index in [1.807, 2.05) is 0 Å². The van der Waals surface area contributed by atoms with Gasteiger partial charge in [-0.2, -0.15) is 23.3 Å². The fourth-order valence-corrected chi connectivity index (χ4v) is 3.28. The van der Waals surface area contributed by atoms with Crippen LogP contribution in [0.15, 0.2) is 17.2 Å². The standard InChI is InChI=1S/C21H23ClF4N6O4/c1-5-32(10-34)15(8-33)30-31(4)18-14(23)7-13(20(29-18)36-9-21(24,25)26)19(35)28-16-11(2)6-12(3)27-17(16)22/h6-7,10,33H,5,8-9H2,1-4H3,(H,28,35)/b30-15-. The average molecular weight is 535 g/mol. The van der Waals surface area contributed by atoms with Crippen LogP contribution in [0.25, 0.3) is 0 Å². The predicted molar refractivity (Wildman–Crippen MR) is 124 cm³/mol. The number of nitrogens with one attached hydrogen (secondary N) is 1. The van der Waals surface area contributed by atoms with Crippen LogP contribution < -0.4 is 15.1 Å². The number of halogens is 5. The molecule has 2 aromatic heterocycles. The van der Waals surface area contributed by atoms with Crippen molar-refractivity contribution in [3.63, 3.8) is 0 Å². The molecule has 0 bridgehead atoms. The van der Waals surface area contributed by atoms with Gasteiger partial charge in [0.15, 0.2) is 29.2 Å². The summed E-state index contributed by atoms with van der Waals surface area (Å²) in [6.07, 6.45) is -4.41. The smallest absolute Gasteiger partial charge is 0.422 e. The van der Waals surface area contributed by atoms with Gasteiger partial charge in [-0.3, -0.25) is 14.5 Å². The number of rotatable bonds is 9. The van der Waals surface area contributed by atoms with Crippen molar-refractivity contribution in [2.24, 2.45) is 5.10 Å². The maximum absolute atomic E-state index is 15.0. The van der Waals surface area contributed by atoms with Crippen molar-refractivity contribution in [3.05, 3.63) is 39.9 Å². The first-order valence-electron chi connectivity index (χ1n) is 10.3. The van der Waals surface area contributed by atoms with Crippen LogP contribution in [-0.4, -0.2) is 71.1 Å². The molecule has 2 N–H and O–H groups in total. The Labute approximate surface area is 208 Å². The van der Waals surface area contributed by atoms with Gasteiger partial charge in [-0.15, -0.1) is 0 Å². The number of amides is 2. The number of ether oxygens (including phenoxy) is 1. The number of hydrazone groups is 1. The van der Waals surface area contributed by atoms with Gasteiger partial charge in [0.25, 0.3) is 5.91 Å². The summed E-state index contributed by atoms with van der Waals surface area (Å²) in [5.74, 6) is -3.87. The number of nitrogens with zero attached hydrogens (tertiary/aromatic N) is 5. The number of aliphatic hydroxyl groups excluding tert-OH is 1. The van der Waals surface area contributed by atoms with E-state index in [2.05, 4.69) is 20.4 Å². The Balaban J connectivity index is 2.53. The zero-order chi connectivity index (χ0) is 27.2. The van der Waals surface area contributed by atoms with Crippen LogP contribution in [0, 0.1) is 19.7 Å². The molecule has 2 rings (SSSR count). The first-order valence-corrected chi connectivity index (χ1v) is 10.7. The molecule has 15 heteroatoms. The lowest BCUT2D eigenvalue weighted by molar-refractivity contribution is -0.154. The van der Waals surface area contributed by atoms with E-state index in [-0.39, 0.29) is 23.2 Å². The van der Waals surface area contributed by atoms with E-state index < -0.39 is 48.4 Å². The van der Waals surface area contributed by atoms with Crippen LogP contribution in [0.4, 0.5) is 29.1 Å². The molecule has 0 unspecified atom stereocenters. The third-order valence-electron chi connectivity index (χ3n) is 4.59. The molecule has 0 aliphatic heterocycles. The number of alkyl halides is 3. The Morgan fingerprint density at radius 2 is 1.97 bits per heavy atom. The molecule has 36 heavy (non-hydrogen) atoms. The molecule has 0 radical (unpaired) electrons. The van der Waals surface area contributed by atoms with Crippen LogP contribution in [0.5, 0.6) is 5.88 Å². The van der Waals surface area contributed by atoms with E-state index in [4.69, 9.17) is 16.3 Å². The van der Waals surface area contributed by atoms with E-state index in [0.717, 1.165) is 9.91 Å². The van der Waals surface area contributed by atoms with Gasteiger partial charge in [0.1, 0.15) is 12.2 Å². The lowest BCUT2D eigenvalue weighted by Gasteiger charge is -2.21. The molecule has 10 nitrogen and oxygen atoms in total. The first-order chi connectivity index (χ1) is 16.8. The Kier molecular flexibility index (Phi) is 9.53. The number of pyridine rings is 2. The second-order valence-corrected chi connectivity index (χ2v) is 7.70. The molecule has 0 saturated carbocycles. The number of aryl methyl sites for hydroxylation is 2. The fourth-order valence-electron chi connectivity index (χ4n) is 2.95. The Hall–Kier alpha value is -3.52. The molecule has 0 aliphatic carbocycles. The monoisotopic (exact) mass is 534 g/mol. The van der Waals surface area contributed by atoms with E-state index >= 15 is 0 Å².